The third-order valence-corrected chi connectivity index (χ3v) is 14.8. The van der Waals surface area contributed by atoms with Crippen LogP contribution in [-0.4, -0.2) is 37.8 Å². The fraction of sp³-hybridized carbons (Fsp3) is 0.927. The summed E-state index contributed by atoms with van der Waals surface area (Å²) < 4.78 is 0. The molecule has 9 rings (SSSR count). The predicted molar refractivity (Wildman–Crippen MR) is 186 cm³/mol. The van der Waals surface area contributed by atoms with Gasteiger partial charge in [0.15, 0.2) is 0 Å². The Hall–Kier alpha value is 0.529. The molecule has 9 fully saturated rings. The maximum Gasteiger partial charge on any atom is 0 e. The summed E-state index contributed by atoms with van der Waals surface area (Å²) in [6.45, 7) is 8.37. The van der Waals surface area contributed by atoms with E-state index in [4.69, 9.17) is 16.0 Å². The Morgan fingerprint density at radius 2 is 0.800 bits per heavy atom. The summed E-state index contributed by atoms with van der Waals surface area (Å²) in [6.07, 6.45) is 35.0. The van der Waals surface area contributed by atoms with E-state index in [0.29, 0.717) is 0 Å². The summed E-state index contributed by atoms with van der Waals surface area (Å²) in [7, 11) is 0. The van der Waals surface area contributed by atoms with Crippen molar-refractivity contribution in [2.75, 3.05) is 19.6 Å². The van der Waals surface area contributed by atoms with E-state index in [2.05, 4.69) is 33.1 Å². The van der Waals surface area contributed by atoms with Gasteiger partial charge >= 0.3 is 0 Å². The molecule has 0 amide bonds. The Morgan fingerprint density at radius 1 is 0.400 bits per heavy atom. The smallest absolute Gasteiger partial charge is 0 e. The van der Waals surface area contributed by atoms with Gasteiger partial charge in [-0.3, -0.25) is 0 Å². The van der Waals surface area contributed by atoms with Crippen LogP contribution in [0.4, 0.5) is 0 Å². The third kappa shape index (κ3) is 8.13. The van der Waals surface area contributed by atoms with Gasteiger partial charge in [0.1, 0.15) is 0 Å². The minimum absolute atomic E-state index is 0. The van der Waals surface area contributed by atoms with Crippen LogP contribution in [0.2, 0.25) is 0 Å². The van der Waals surface area contributed by atoms with Gasteiger partial charge in [0.05, 0.1) is 0 Å². The second-order valence-electron chi connectivity index (χ2n) is 17.2. The van der Waals surface area contributed by atoms with Gasteiger partial charge in [0.2, 0.25) is 0 Å². The number of nitrogens with zero attached hydrogens (tertiary/aromatic N) is 3. The van der Waals surface area contributed by atoms with Crippen molar-refractivity contribution in [3.8, 4) is 0 Å². The molecule has 0 aromatic rings. The van der Waals surface area contributed by atoms with Gasteiger partial charge in [-0.05, 0) is 11.8 Å². The van der Waals surface area contributed by atoms with Crippen LogP contribution in [-0.2, 0) is 20.1 Å². The zero-order valence-electron chi connectivity index (χ0n) is 29.0. The number of hydrogen-bond acceptors (Lipinski definition) is 0. The second kappa shape index (κ2) is 17.0. The first-order valence-corrected chi connectivity index (χ1v) is 20.2. The van der Waals surface area contributed by atoms with Crippen LogP contribution in [0.25, 0.3) is 16.0 Å². The van der Waals surface area contributed by atoms with E-state index in [0.717, 1.165) is 103 Å². The van der Waals surface area contributed by atoms with Gasteiger partial charge in [-0.2, -0.15) is 55.1 Å². The van der Waals surface area contributed by atoms with E-state index in [1.54, 1.807) is 0 Å². The van der Waals surface area contributed by atoms with Crippen LogP contribution in [0.3, 0.4) is 0 Å². The SMILES string of the molecule is CC1CC[CH-]C2C1CCC1CCC[N-]C12.CC1CC[CH-]C2C1CCC1CCC[N-]C12.[CH-]1CCCC2CCC3CCC[N-]C3C12.[Ir]. The average molecular weight is 794 g/mol. The largest absolute Gasteiger partial charge is 0.661 e. The van der Waals surface area contributed by atoms with Crippen molar-refractivity contribution in [2.45, 2.75) is 154 Å². The molecule has 0 N–H and O–H groups in total. The zero-order chi connectivity index (χ0) is 29.9. The summed E-state index contributed by atoms with van der Waals surface area (Å²) in [4.78, 5) is 0. The first-order chi connectivity index (χ1) is 21.7. The molecule has 3 saturated heterocycles. The number of piperidine rings is 3. The molecule has 0 bridgehead atoms. The summed E-state index contributed by atoms with van der Waals surface area (Å²) in [5, 5.41) is 14.8. The van der Waals surface area contributed by atoms with Crippen molar-refractivity contribution in [3.05, 3.63) is 35.2 Å². The summed E-state index contributed by atoms with van der Waals surface area (Å²) in [5.41, 5.74) is 0. The Bertz CT molecular complexity index is 811. The van der Waals surface area contributed by atoms with E-state index in [1.165, 1.54) is 122 Å². The molecule has 9 aliphatic rings. The molecule has 3 heterocycles. The number of fused-ring (bicyclic) bond motifs is 9. The normalized spacial score (nSPS) is 48.7. The minimum Gasteiger partial charge on any atom is -0.661 e. The van der Waals surface area contributed by atoms with Crippen LogP contribution in [0.15, 0.2) is 0 Å². The summed E-state index contributed by atoms with van der Waals surface area (Å²) >= 11 is 0. The van der Waals surface area contributed by atoms with E-state index in [-0.39, 0.29) is 20.1 Å². The maximum atomic E-state index is 4.94. The fourth-order valence-corrected chi connectivity index (χ4v) is 12.4. The van der Waals surface area contributed by atoms with Crippen molar-refractivity contribution < 1.29 is 20.1 Å². The van der Waals surface area contributed by atoms with E-state index >= 15 is 0 Å². The van der Waals surface area contributed by atoms with Crippen molar-refractivity contribution in [1.82, 2.24) is 0 Å². The Balaban J connectivity index is 0.000000118. The molecule has 14 unspecified atom stereocenters. The van der Waals surface area contributed by atoms with Crippen molar-refractivity contribution >= 4 is 0 Å². The molecule has 3 nitrogen and oxygen atoms in total. The molecule has 6 aliphatic carbocycles. The van der Waals surface area contributed by atoms with Gasteiger partial charge in [0, 0.05) is 20.1 Å². The molecule has 261 valence electrons. The molecule has 3 aliphatic heterocycles. The van der Waals surface area contributed by atoms with Crippen molar-refractivity contribution in [2.24, 2.45) is 65.1 Å². The van der Waals surface area contributed by atoms with Crippen molar-refractivity contribution in [1.29, 1.82) is 0 Å². The molecule has 45 heavy (non-hydrogen) atoms. The van der Waals surface area contributed by atoms with E-state index < -0.39 is 0 Å². The Kier molecular flexibility index (Phi) is 13.3. The third-order valence-electron chi connectivity index (χ3n) is 14.8. The van der Waals surface area contributed by atoms with Crippen molar-refractivity contribution in [3.63, 3.8) is 0 Å². The van der Waals surface area contributed by atoms with Gasteiger partial charge in [-0.25, -0.2) is 0 Å². The van der Waals surface area contributed by atoms with E-state index in [9.17, 15) is 0 Å². The van der Waals surface area contributed by atoms with Gasteiger partial charge in [-0.15, -0.1) is 19.6 Å². The average Bonchev–Trinajstić information content (AvgIpc) is 3.09. The van der Waals surface area contributed by atoms with Crippen LogP contribution in [0, 0.1) is 84.4 Å². The van der Waals surface area contributed by atoms with Crippen LogP contribution >= 0.6 is 0 Å². The molecular formula is C41H67IrN3-6. The van der Waals surface area contributed by atoms with Crippen LogP contribution in [0.1, 0.15) is 136 Å². The molecular weight excluding hydrogens is 727 g/mol. The predicted octanol–water partition coefficient (Wildman–Crippen LogP) is 11.1. The monoisotopic (exact) mass is 794 g/mol. The van der Waals surface area contributed by atoms with Gasteiger partial charge < -0.3 is 35.2 Å². The van der Waals surface area contributed by atoms with Crippen LogP contribution in [0.5, 0.6) is 0 Å². The number of hydrogen-bond donors (Lipinski definition) is 0. The zero-order valence-corrected chi connectivity index (χ0v) is 31.4. The molecule has 4 heteroatoms. The molecule has 14 atom stereocenters. The quantitative estimate of drug-likeness (QED) is 0.219. The Labute approximate surface area is 292 Å². The minimum atomic E-state index is 0. The van der Waals surface area contributed by atoms with E-state index in [1.807, 2.05) is 0 Å². The molecule has 0 spiro atoms. The summed E-state index contributed by atoms with van der Waals surface area (Å²) in [5.74, 6) is 10.3. The first-order valence-electron chi connectivity index (χ1n) is 20.2. The standard InChI is InChI=1S/2C14H23N.C13H21N.Ir/c2*1-10-4-2-6-13-12(10)8-7-11-5-3-9-15-14(11)13;1-2-6-12-10(4-1)7-8-11-5-3-9-14-13(11)12;/h2*6,10-14H,2-5,7-9H2,1H3;6,10-13H,1-5,7-9H2;/q3*-2;. The molecule has 0 aromatic heterocycles. The van der Waals surface area contributed by atoms with Gasteiger partial charge in [-0.1, -0.05) is 152 Å². The number of rotatable bonds is 0. The fourth-order valence-electron chi connectivity index (χ4n) is 12.4. The molecule has 0 aromatic carbocycles. The second-order valence-corrected chi connectivity index (χ2v) is 17.2. The molecule has 6 saturated carbocycles. The summed E-state index contributed by atoms with van der Waals surface area (Å²) in [6, 6.07) is 2.18. The van der Waals surface area contributed by atoms with Gasteiger partial charge in [0.25, 0.3) is 0 Å². The molecule has 1 radical (unpaired) electrons. The maximum absolute atomic E-state index is 4.94. The first kappa shape index (κ1) is 35.4. The van der Waals surface area contributed by atoms with Crippen LogP contribution < -0.4 is 0 Å². The topological polar surface area (TPSA) is 42.3 Å². The Morgan fingerprint density at radius 3 is 1.31 bits per heavy atom.